The van der Waals surface area contributed by atoms with Crippen LogP contribution in [0.3, 0.4) is 0 Å². The number of ether oxygens (including phenoxy) is 1. The quantitative estimate of drug-likeness (QED) is 0.636. The highest BCUT2D eigenvalue weighted by Gasteiger charge is 2.42. The first-order valence-corrected chi connectivity index (χ1v) is 8.34. The number of amides is 1. The number of esters is 1. The summed E-state index contributed by atoms with van der Waals surface area (Å²) in [5, 5.41) is 0. The molecule has 0 saturated carbocycles. The van der Waals surface area contributed by atoms with Crippen molar-refractivity contribution in [2.75, 3.05) is 0 Å². The summed E-state index contributed by atoms with van der Waals surface area (Å²) in [7, 11) is 0. The van der Waals surface area contributed by atoms with Crippen LogP contribution in [0.1, 0.15) is 38.2 Å². The maximum Gasteiger partial charge on any atom is 0.329 e. The fourth-order valence-corrected chi connectivity index (χ4v) is 3.41. The molecule has 1 saturated heterocycles. The number of allylic oxidation sites excluding steroid dienone is 1. The summed E-state index contributed by atoms with van der Waals surface area (Å²) in [6.45, 7) is 2.19. The van der Waals surface area contributed by atoms with E-state index in [4.69, 9.17) is 4.74 Å². The van der Waals surface area contributed by atoms with E-state index in [1.807, 2.05) is 37.3 Å². The molecule has 3 rings (SSSR count). The van der Waals surface area contributed by atoms with Gasteiger partial charge in [-0.2, -0.15) is 0 Å². The zero-order valence-corrected chi connectivity index (χ0v) is 13.5. The molecule has 1 fully saturated rings. The van der Waals surface area contributed by atoms with Gasteiger partial charge in [-0.05, 0) is 31.2 Å². The van der Waals surface area contributed by atoms with Gasteiger partial charge in [0.2, 0.25) is 5.91 Å². The molecule has 0 unspecified atom stereocenters. The molecule has 0 radical (unpaired) electrons. The second kappa shape index (κ2) is 6.99. The third kappa shape index (κ3) is 3.46. The van der Waals surface area contributed by atoms with Gasteiger partial charge in [-0.1, -0.05) is 49.4 Å². The van der Waals surface area contributed by atoms with Crippen LogP contribution in [0, 0.1) is 5.92 Å². The van der Waals surface area contributed by atoms with Gasteiger partial charge in [0.05, 0.1) is 0 Å². The van der Waals surface area contributed by atoms with Crippen LogP contribution in [0.2, 0.25) is 0 Å². The number of carbonyl (C=O) groups excluding carboxylic acids is 2. The lowest BCUT2D eigenvalue weighted by atomic mass is 10.0. The zero-order chi connectivity index (χ0) is 16.2. The lowest BCUT2D eigenvalue weighted by Gasteiger charge is -2.32. The van der Waals surface area contributed by atoms with E-state index in [-0.39, 0.29) is 30.4 Å². The molecule has 4 nitrogen and oxygen atoms in total. The molecule has 0 spiro atoms. The van der Waals surface area contributed by atoms with Crippen LogP contribution in [-0.2, 0) is 20.9 Å². The Morgan fingerprint density at radius 3 is 2.70 bits per heavy atom. The molecular formula is C19H23NO3. The number of benzene rings is 1. The number of rotatable bonds is 3. The molecule has 0 aromatic heterocycles. The number of hydrogen-bond donors (Lipinski definition) is 0. The fraction of sp³-hybridized carbons (Fsp3) is 0.474. The minimum Gasteiger partial charge on any atom is -0.459 e. The molecule has 4 heteroatoms. The standard InChI is InChI=1S/C19H23NO3/c1-14-7-5-6-10-16-11-12-17(20(16)18(14)21)19(22)23-13-15-8-3-2-4-9-15/h2-6,8-9,14,16-17H,7,10-13H2,1H3/b6-5-/t14-,16-,17-/m0/s1. The molecule has 23 heavy (non-hydrogen) atoms. The largest absolute Gasteiger partial charge is 0.459 e. The van der Waals surface area contributed by atoms with Crippen molar-refractivity contribution >= 4 is 11.9 Å². The molecule has 1 aromatic rings. The Balaban J connectivity index is 1.68. The minimum atomic E-state index is -0.426. The van der Waals surface area contributed by atoms with Gasteiger partial charge < -0.3 is 9.64 Å². The lowest BCUT2D eigenvalue weighted by molar-refractivity contribution is -0.156. The molecular weight excluding hydrogens is 290 g/mol. The third-order valence-electron chi connectivity index (χ3n) is 4.74. The summed E-state index contributed by atoms with van der Waals surface area (Å²) >= 11 is 0. The highest BCUT2D eigenvalue weighted by atomic mass is 16.5. The summed E-state index contributed by atoms with van der Waals surface area (Å²) < 4.78 is 5.47. The third-order valence-corrected chi connectivity index (χ3v) is 4.74. The van der Waals surface area contributed by atoms with Crippen LogP contribution in [0.4, 0.5) is 0 Å². The van der Waals surface area contributed by atoms with Crippen molar-refractivity contribution in [3.8, 4) is 0 Å². The minimum absolute atomic E-state index is 0.0726. The Morgan fingerprint density at radius 1 is 1.17 bits per heavy atom. The Labute approximate surface area is 137 Å². The molecule has 1 amide bonds. The number of carbonyl (C=O) groups is 2. The van der Waals surface area contributed by atoms with Crippen LogP contribution in [0.25, 0.3) is 0 Å². The Morgan fingerprint density at radius 2 is 1.91 bits per heavy atom. The number of fused-ring (bicyclic) bond motifs is 1. The Hall–Kier alpha value is -2.10. The van der Waals surface area contributed by atoms with E-state index in [2.05, 4.69) is 12.2 Å². The molecule has 122 valence electrons. The average molecular weight is 313 g/mol. The topological polar surface area (TPSA) is 46.6 Å². The van der Waals surface area contributed by atoms with Crippen molar-refractivity contribution in [2.24, 2.45) is 5.92 Å². The van der Waals surface area contributed by atoms with E-state index in [0.717, 1.165) is 24.8 Å². The van der Waals surface area contributed by atoms with Gasteiger partial charge in [0.15, 0.2) is 0 Å². The summed E-state index contributed by atoms with van der Waals surface area (Å²) in [6.07, 6.45) is 7.37. The summed E-state index contributed by atoms with van der Waals surface area (Å²) in [6, 6.07) is 9.34. The van der Waals surface area contributed by atoms with Gasteiger partial charge in [0, 0.05) is 12.0 Å². The predicted molar refractivity (Wildman–Crippen MR) is 87.4 cm³/mol. The second-order valence-corrected chi connectivity index (χ2v) is 6.43. The first-order chi connectivity index (χ1) is 11.2. The SMILES string of the molecule is C[C@H]1C/C=C\C[C@H]2CC[C@@H](C(=O)OCc3ccccc3)N2C1=O. The average Bonchev–Trinajstić information content (AvgIpc) is 2.99. The fourth-order valence-electron chi connectivity index (χ4n) is 3.41. The molecule has 0 bridgehead atoms. The van der Waals surface area contributed by atoms with Crippen molar-refractivity contribution in [3.05, 3.63) is 48.0 Å². The Bertz CT molecular complexity index is 596. The lowest BCUT2D eigenvalue weighted by Crippen LogP contribution is -2.48. The van der Waals surface area contributed by atoms with Gasteiger partial charge in [-0.25, -0.2) is 4.79 Å². The monoisotopic (exact) mass is 313 g/mol. The van der Waals surface area contributed by atoms with Crippen LogP contribution < -0.4 is 0 Å². The van der Waals surface area contributed by atoms with Crippen molar-refractivity contribution in [1.29, 1.82) is 0 Å². The predicted octanol–water partition coefficient (Wildman–Crippen LogP) is 3.08. The summed E-state index contributed by atoms with van der Waals surface area (Å²) in [5.74, 6) is -0.267. The molecule has 1 aromatic carbocycles. The van der Waals surface area contributed by atoms with Crippen molar-refractivity contribution in [1.82, 2.24) is 4.90 Å². The van der Waals surface area contributed by atoms with E-state index < -0.39 is 6.04 Å². The van der Waals surface area contributed by atoms with Gasteiger partial charge in [0.25, 0.3) is 0 Å². The maximum atomic E-state index is 12.7. The Kier molecular flexibility index (Phi) is 4.79. The van der Waals surface area contributed by atoms with Crippen molar-refractivity contribution < 1.29 is 14.3 Å². The maximum absolute atomic E-state index is 12.7. The first kappa shape index (κ1) is 15.8. The highest BCUT2D eigenvalue weighted by Crippen LogP contribution is 2.31. The molecule has 2 heterocycles. The normalized spacial score (nSPS) is 28.7. The van der Waals surface area contributed by atoms with Crippen LogP contribution >= 0.6 is 0 Å². The van der Waals surface area contributed by atoms with Gasteiger partial charge in [-0.15, -0.1) is 0 Å². The molecule has 0 aliphatic carbocycles. The summed E-state index contributed by atoms with van der Waals surface area (Å²) in [5.41, 5.74) is 0.964. The highest BCUT2D eigenvalue weighted by molar-refractivity contribution is 5.86. The zero-order valence-electron chi connectivity index (χ0n) is 13.5. The molecule has 3 atom stereocenters. The molecule has 2 aliphatic heterocycles. The van der Waals surface area contributed by atoms with Gasteiger partial charge >= 0.3 is 5.97 Å². The van der Waals surface area contributed by atoms with E-state index >= 15 is 0 Å². The van der Waals surface area contributed by atoms with Crippen molar-refractivity contribution in [2.45, 2.75) is 51.3 Å². The number of hydrogen-bond acceptors (Lipinski definition) is 3. The smallest absolute Gasteiger partial charge is 0.329 e. The van der Waals surface area contributed by atoms with Crippen LogP contribution in [0.15, 0.2) is 42.5 Å². The number of nitrogens with zero attached hydrogens (tertiary/aromatic N) is 1. The van der Waals surface area contributed by atoms with E-state index in [0.29, 0.717) is 6.42 Å². The molecule has 2 aliphatic rings. The van der Waals surface area contributed by atoms with Crippen LogP contribution in [0.5, 0.6) is 0 Å². The molecule has 0 N–H and O–H groups in total. The van der Waals surface area contributed by atoms with E-state index in [1.165, 1.54) is 0 Å². The van der Waals surface area contributed by atoms with Crippen molar-refractivity contribution in [3.63, 3.8) is 0 Å². The van der Waals surface area contributed by atoms with Gasteiger partial charge in [-0.3, -0.25) is 4.79 Å². The second-order valence-electron chi connectivity index (χ2n) is 6.43. The summed E-state index contributed by atoms with van der Waals surface area (Å²) in [4.78, 5) is 26.9. The van der Waals surface area contributed by atoms with E-state index in [1.54, 1.807) is 4.90 Å². The van der Waals surface area contributed by atoms with E-state index in [9.17, 15) is 9.59 Å². The van der Waals surface area contributed by atoms with Crippen LogP contribution in [-0.4, -0.2) is 28.9 Å². The first-order valence-electron chi connectivity index (χ1n) is 8.34. The van der Waals surface area contributed by atoms with Gasteiger partial charge in [0.1, 0.15) is 12.6 Å².